The Hall–Kier alpha value is -2.22. The van der Waals surface area contributed by atoms with Crippen molar-refractivity contribution >= 4 is 19.9 Å². The molecule has 0 aromatic carbocycles. The first-order chi connectivity index (χ1) is 16.6. The van der Waals surface area contributed by atoms with Gasteiger partial charge < -0.3 is 0 Å². The van der Waals surface area contributed by atoms with Crippen molar-refractivity contribution in [1.82, 2.24) is 0 Å². The van der Waals surface area contributed by atoms with Gasteiger partial charge in [0.05, 0.1) is 0 Å². The number of rotatable bonds is 10. The molecule has 0 bridgehead atoms. The van der Waals surface area contributed by atoms with E-state index < -0.39 is 39.9 Å². The largest absolute Gasteiger partial charge is 0.560 e. The molecule has 14 heteroatoms. The van der Waals surface area contributed by atoms with Gasteiger partial charge in [0, 0.05) is 37.6 Å². The van der Waals surface area contributed by atoms with Gasteiger partial charge >= 0.3 is 35.9 Å². The van der Waals surface area contributed by atoms with Crippen LogP contribution in [0, 0.1) is 6.92 Å². The predicted octanol–water partition coefficient (Wildman–Crippen LogP) is 5.00. The van der Waals surface area contributed by atoms with Crippen molar-refractivity contribution in [3.63, 3.8) is 0 Å². The third-order valence-electron chi connectivity index (χ3n) is 5.09. The number of unbranched alkanes of at least 4 members (excludes halogenated alkanes) is 6. The molecule has 0 amide bonds. The van der Waals surface area contributed by atoms with E-state index >= 15 is 0 Å². The van der Waals surface area contributed by atoms with Gasteiger partial charge in [-0.25, -0.2) is 13.0 Å². The summed E-state index contributed by atoms with van der Waals surface area (Å²) in [6.07, 6.45) is 12.0. The van der Waals surface area contributed by atoms with Gasteiger partial charge in [-0.3, -0.25) is 0 Å². The third kappa shape index (κ3) is 8.71. The summed E-state index contributed by atoms with van der Waals surface area (Å²) in [5.41, 5.74) is -10.5. The number of halogens is 6. The molecule has 0 N–H and O–H groups in total. The number of hydrogen-bond donors (Lipinski definition) is 0. The summed E-state index contributed by atoms with van der Waals surface area (Å²) < 4.78 is 119. The van der Waals surface area contributed by atoms with E-state index in [9.17, 15) is 43.2 Å². The van der Waals surface area contributed by atoms with Crippen LogP contribution >= 0.6 is 0 Å². The second kappa shape index (κ2) is 13.4. The van der Waals surface area contributed by atoms with Crippen molar-refractivity contribution in [3.8, 4) is 0 Å². The molecule has 0 aliphatic rings. The van der Waals surface area contributed by atoms with E-state index in [1.165, 1.54) is 57.2 Å². The zero-order valence-corrected chi connectivity index (χ0v) is 21.5. The standard InChI is InChI=1S/C15H26N.C7H4F6NO4S2/c1-3-4-5-6-7-8-10-13-16-14-11-9-12-15(16)2;8-6(9,10)19(15,16)5-3-1-2-4-14(5)20(17,18)7(11,12)13/h9,11-12,14H,3-8,10,13H2,1-2H3;1-4H/q2*+1. The first kappa shape index (κ1) is 31.8. The zero-order chi connectivity index (χ0) is 27.6. The number of aryl methyl sites for hydroxylation is 2. The van der Waals surface area contributed by atoms with Gasteiger partial charge in [0.1, 0.15) is 6.54 Å². The average Bonchev–Trinajstić information content (AvgIpc) is 2.78. The minimum Gasteiger partial charge on any atom is -0.208 e. The molecule has 2 heterocycles. The van der Waals surface area contributed by atoms with Crippen LogP contribution in [0.25, 0.3) is 0 Å². The van der Waals surface area contributed by atoms with Crippen LogP contribution in [0.15, 0.2) is 53.8 Å². The highest BCUT2D eigenvalue weighted by Crippen LogP contribution is 2.30. The summed E-state index contributed by atoms with van der Waals surface area (Å²) in [7, 11) is -12.6. The summed E-state index contributed by atoms with van der Waals surface area (Å²) in [5.74, 6) is 0. The zero-order valence-electron chi connectivity index (χ0n) is 19.9. The minimum atomic E-state index is -6.31. The molecule has 36 heavy (non-hydrogen) atoms. The SMILES string of the molecule is CCCCCCCCC[n+]1ccccc1C.O=S(=O)(c1cccc[n+]1S(=O)(=O)C(F)(F)F)C(F)(F)F. The summed E-state index contributed by atoms with van der Waals surface area (Å²) in [6.45, 7) is 5.64. The summed E-state index contributed by atoms with van der Waals surface area (Å²) in [5, 5.41) is -2.05. The molecule has 0 spiro atoms. The molecule has 6 nitrogen and oxygen atoms in total. The molecule has 2 rings (SSSR count). The van der Waals surface area contributed by atoms with Gasteiger partial charge in [-0.05, 0) is 12.5 Å². The number of sulfone groups is 1. The van der Waals surface area contributed by atoms with Gasteiger partial charge in [0.25, 0.3) is 0 Å². The normalized spacial score (nSPS) is 12.7. The first-order valence-electron chi connectivity index (χ1n) is 11.2. The number of alkyl halides is 6. The highest BCUT2D eigenvalue weighted by Gasteiger charge is 2.60. The van der Waals surface area contributed by atoms with Crippen molar-refractivity contribution in [3.05, 3.63) is 54.5 Å². The minimum absolute atomic E-state index is 0.0570. The lowest BCUT2D eigenvalue weighted by molar-refractivity contribution is -0.703. The van der Waals surface area contributed by atoms with Crippen LogP contribution in [-0.4, -0.2) is 27.9 Å². The molecule has 0 saturated heterocycles. The Morgan fingerprint density at radius 1 is 0.722 bits per heavy atom. The highest BCUT2D eigenvalue weighted by molar-refractivity contribution is 7.92. The van der Waals surface area contributed by atoms with Crippen LogP contribution in [0.4, 0.5) is 26.3 Å². The fourth-order valence-corrected chi connectivity index (χ4v) is 5.23. The molecule has 0 radical (unpaired) electrons. The Morgan fingerprint density at radius 2 is 1.25 bits per heavy atom. The van der Waals surface area contributed by atoms with E-state index in [0.29, 0.717) is 12.1 Å². The molecule has 2 aromatic heterocycles. The van der Waals surface area contributed by atoms with Crippen molar-refractivity contribution in [2.24, 2.45) is 0 Å². The smallest absolute Gasteiger partial charge is 0.208 e. The van der Waals surface area contributed by atoms with Crippen molar-refractivity contribution < 1.29 is 51.7 Å². The third-order valence-corrected chi connectivity index (χ3v) is 8.12. The van der Waals surface area contributed by atoms with E-state index in [1.54, 1.807) is 0 Å². The Morgan fingerprint density at radius 3 is 1.78 bits per heavy atom. The van der Waals surface area contributed by atoms with Crippen molar-refractivity contribution in [2.45, 2.75) is 81.4 Å². The topological polar surface area (TPSA) is 76.0 Å². The fourth-order valence-electron chi connectivity index (χ4n) is 3.10. The second-order valence-corrected chi connectivity index (χ2v) is 11.6. The average molecular weight is 565 g/mol. The van der Waals surface area contributed by atoms with E-state index in [4.69, 9.17) is 0 Å². The molecule has 2 aromatic rings. The first-order valence-corrected chi connectivity index (χ1v) is 14.1. The van der Waals surface area contributed by atoms with E-state index in [2.05, 4.69) is 42.8 Å². The van der Waals surface area contributed by atoms with Crippen LogP contribution in [0.3, 0.4) is 0 Å². The van der Waals surface area contributed by atoms with Crippen LogP contribution in [0.2, 0.25) is 0 Å². The lowest BCUT2D eigenvalue weighted by Gasteiger charge is -2.08. The van der Waals surface area contributed by atoms with Gasteiger partial charge in [0.15, 0.2) is 18.1 Å². The Labute approximate surface area is 207 Å². The lowest BCUT2D eigenvalue weighted by Crippen LogP contribution is -2.54. The highest BCUT2D eigenvalue weighted by atomic mass is 32.2. The number of pyridine rings is 2. The Balaban J connectivity index is 0.000000369. The number of aromatic nitrogens is 2. The number of nitrogens with zero attached hydrogens (tertiary/aromatic N) is 2. The van der Waals surface area contributed by atoms with Gasteiger partial charge in [-0.1, -0.05) is 49.1 Å². The van der Waals surface area contributed by atoms with Crippen LogP contribution < -0.4 is 8.54 Å². The van der Waals surface area contributed by atoms with Crippen LogP contribution in [0.5, 0.6) is 0 Å². The van der Waals surface area contributed by atoms with E-state index in [0.717, 1.165) is 0 Å². The predicted molar refractivity (Wildman–Crippen MR) is 120 cm³/mol. The molecular weight excluding hydrogens is 534 g/mol. The summed E-state index contributed by atoms with van der Waals surface area (Å²) in [4.78, 5) is 0. The maximum absolute atomic E-state index is 12.3. The summed E-state index contributed by atoms with van der Waals surface area (Å²) >= 11 is 0. The lowest BCUT2D eigenvalue weighted by atomic mass is 10.1. The molecule has 0 aliphatic heterocycles. The Kier molecular flexibility index (Phi) is 11.8. The molecule has 0 atom stereocenters. The van der Waals surface area contributed by atoms with Gasteiger partial charge in [-0.15, -0.1) is 0 Å². The van der Waals surface area contributed by atoms with Gasteiger partial charge in [0.2, 0.25) is 0 Å². The van der Waals surface area contributed by atoms with Crippen molar-refractivity contribution in [1.29, 1.82) is 0 Å². The monoisotopic (exact) mass is 564 g/mol. The fraction of sp³-hybridized carbons (Fsp3) is 0.545. The molecule has 0 unspecified atom stereocenters. The maximum atomic E-state index is 12.3. The van der Waals surface area contributed by atoms with Crippen molar-refractivity contribution in [2.75, 3.05) is 0 Å². The van der Waals surface area contributed by atoms with Gasteiger partial charge in [-0.2, -0.15) is 34.8 Å². The molecule has 204 valence electrons. The second-order valence-electron chi connectivity index (χ2n) is 7.89. The molecule has 0 aliphatic carbocycles. The van der Waals surface area contributed by atoms with E-state index in [1.807, 2.05) is 0 Å². The van der Waals surface area contributed by atoms with Crippen LogP contribution in [0.1, 0.15) is 57.6 Å². The molecule has 0 saturated carbocycles. The Bertz CT molecular complexity index is 1120. The van der Waals surface area contributed by atoms with E-state index in [-0.39, 0.29) is 12.3 Å². The molecule has 0 fully saturated rings. The quantitative estimate of drug-likeness (QED) is 0.231. The summed E-state index contributed by atoms with van der Waals surface area (Å²) in [6, 6.07) is 7.80. The van der Waals surface area contributed by atoms with Crippen LogP contribution in [-0.2, 0) is 26.4 Å². The molecular formula is C22H30F6N2O4S2+2. The number of hydrogen-bond acceptors (Lipinski definition) is 4. The maximum Gasteiger partial charge on any atom is 0.560 e.